The quantitative estimate of drug-likeness (QED) is 0.884. The van der Waals surface area contributed by atoms with Gasteiger partial charge in [-0.2, -0.15) is 0 Å². The van der Waals surface area contributed by atoms with Gasteiger partial charge in [-0.3, -0.25) is 4.79 Å². The Balaban J connectivity index is 1.72. The summed E-state index contributed by atoms with van der Waals surface area (Å²) in [4.78, 5) is 26.3. The molecule has 5 heteroatoms. The standard InChI is InChI=1S/C21H25N3O2/c1-15-8-10-19(11-9-15)23-20(25)17-6-3-5-16(13-17)18-7-4-12-24(14-18)21(26)22-2/h3,5-6,8-11,13,18H,4,7,12,14H2,1-2H3,(H,22,26)(H,23,25)/t18-/m0/s1. The number of carbonyl (C=O) groups excluding carboxylic acids is 2. The number of urea groups is 1. The van der Waals surface area contributed by atoms with Crippen LogP contribution in [0.3, 0.4) is 0 Å². The second kappa shape index (κ2) is 8.04. The Bertz CT molecular complexity index is 786. The predicted molar refractivity (Wildman–Crippen MR) is 104 cm³/mol. The van der Waals surface area contributed by atoms with Gasteiger partial charge in [0.2, 0.25) is 0 Å². The van der Waals surface area contributed by atoms with Gasteiger partial charge in [0, 0.05) is 37.3 Å². The van der Waals surface area contributed by atoms with E-state index in [1.54, 1.807) is 7.05 Å². The lowest BCUT2D eigenvalue weighted by Crippen LogP contribution is -2.43. The fourth-order valence-electron chi connectivity index (χ4n) is 3.37. The lowest BCUT2D eigenvalue weighted by molar-refractivity contribution is 0.102. The van der Waals surface area contributed by atoms with Crippen LogP contribution in [-0.2, 0) is 0 Å². The number of anilines is 1. The van der Waals surface area contributed by atoms with Crippen LogP contribution in [0.15, 0.2) is 48.5 Å². The van der Waals surface area contributed by atoms with E-state index in [0.717, 1.165) is 36.2 Å². The smallest absolute Gasteiger partial charge is 0.317 e. The first kappa shape index (κ1) is 18.0. The Morgan fingerprint density at radius 2 is 1.88 bits per heavy atom. The van der Waals surface area contributed by atoms with Gasteiger partial charge in [0.05, 0.1) is 0 Å². The molecular formula is C21H25N3O2. The zero-order valence-corrected chi connectivity index (χ0v) is 15.3. The number of piperidine rings is 1. The van der Waals surface area contributed by atoms with E-state index in [9.17, 15) is 9.59 Å². The first-order valence-electron chi connectivity index (χ1n) is 9.01. The number of benzene rings is 2. The molecule has 0 unspecified atom stereocenters. The monoisotopic (exact) mass is 351 g/mol. The summed E-state index contributed by atoms with van der Waals surface area (Å²) >= 11 is 0. The molecule has 3 amide bonds. The molecule has 136 valence electrons. The summed E-state index contributed by atoms with van der Waals surface area (Å²) in [6.45, 7) is 3.48. The highest BCUT2D eigenvalue weighted by atomic mass is 16.2. The summed E-state index contributed by atoms with van der Waals surface area (Å²) in [7, 11) is 1.65. The van der Waals surface area contributed by atoms with Crippen LogP contribution >= 0.6 is 0 Å². The second-order valence-corrected chi connectivity index (χ2v) is 6.79. The van der Waals surface area contributed by atoms with Crippen molar-refractivity contribution in [3.63, 3.8) is 0 Å². The summed E-state index contributed by atoms with van der Waals surface area (Å²) in [6, 6.07) is 15.4. The zero-order chi connectivity index (χ0) is 18.5. The van der Waals surface area contributed by atoms with E-state index in [4.69, 9.17) is 0 Å². The number of amides is 3. The van der Waals surface area contributed by atoms with E-state index in [2.05, 4.69) is 10.6 Å². The van der Waals surface area contributed by atoms with Gasteiger partial charge in [0.15, 0.2) is 0 Å². The Morgan fingerprint density at radius 1 is 1.12 bits per heavy atom. The van der Waals surface area contributed by atoms with Crippen LogP contribution in [-0.4, -0.2) is 37.0 Å². The van der Waals surface area contributed by atoms with Crippen LogP contribution in [0, 0.1) is 6.92 Å². The Morgan fingerprint density at radius 3 is 2.62 bits per heavy atom. The Kier molecular flexibility index (Phi) is 5.56. The molecule has 0 spiro atoms. The van der Waals surface area contributed by atoms with Crippen molar-refractivity contribution in [2.24, 2.45) is 0 Å². The predicted octanol–water partition coefficient (Wildman–Crippen LogP) is 3.77. The third-order valence-corrected chi connectivity index (χ3v) is 4.85. The number of nitrogens with zero attached hydrogens (tertiary/aromatic N) is 1. The molecular weight excluding hydrogens is 326 g/mol. The molecule has 2 aromatic carbocycles. The minimum absolute atomic E-state index is 0.0389. The summed E-state index contributed by atoms with van der Waals surface area (Å²) in [6.07, 6.45) is 1.99. The van der Waals surface area contributed by atoms with Crippen LogP contribution in [0.25, 0.3) is 0 Å². The van der Waals surface area contributed by atoms with Crippen LogP contribution in [0.4, 0.5) is 10.5 Å². The molecule has 26 heavy (non-hydrogen) atoms. The molecule has 1 heterocycles. The first-order chi connectivity index (χ1) is 12.6. The van der Waals surface area contributed by atoms with Gasteiger partial charge in [-0.1, -0.05) is 29.8 Å². The SMILES string of the molecule is CNC(=O)N1CCC[C@H](c2cccc(C(=O)Nc3ccc(C)cc3)c2)C1. The number of likely N-dealkylation sites (tertiary alicyclic amines) is 1. The maximum Gasteiger partial charge on any atom is 0.317 e. The van der Waals surface area contributed by atoms with E-state index in [1.807, 2.05) is 60.4 Å². The van der Waals surface area contributed by atoms with Crippen molar-refractivity contribution in [1.29, 1.82) is 0 Å². The van der Waals surface area contributed by atoms with Crippen LogP contribution in [0.1, 0.15) is 40.2 Å². The molecule has 1 aliphatic heterocycles. The molecule has 2 aromatic rings. The molecule has 5 nitrogen and oxygen atoms in total. The third kappa shape index (κ3) is 4.23. The molecule has 0 aliphatic carbocycles. The molecule has 0 saturated carbocycles. The second-order valence-electron chi connectivity index (χ2n) is 6.79. The van der Waals surface area contributed by atoms with Crippen molar-refractivity contribution in [2.45, 2.75) is 25.7 Å². The number of carbonyl (C=O) groups is 2. The third-order valence-electron chi connectivity index (χ3n) is 4.85. The summed E-state index contributed by atoms with van der Waals surface area (Å²) < 4.78 is 0. The number of hydrogen-bond donors (Lipinski definition) is 2. The van der Waals surface area contributed by atoms with E-state index in [1.165, 1.54) is 0 Å². The maximum absolute atomic E-state index is 12.6. The van der Waals surface area contributed by atoms with Crippen molar-refractivity contribution < 1.29 is 9.59 Å². The summed E-state index contributed by atoms with van der Waals surface area (Å²) in [5.74, 6) is 0.142. The normalized spacial score (nSPS) is 16.8. The van der Waals surface area contributed by atoms with Crippen molar-refractivity contribution in [2.75, 3.05) is 25.5 Å². The maximum atomic E-state index is 12.6. The number of nitrogens with one attached hydrogen (secondary N) is 2. The van der Waals surface area contributed by atoms with Gasteiger partial charge in [0.25, 0.3) is 5.91 Å². The number of rotatable bonds is 3. The van der Waals surface area contributed by atoms with E-state index in [-0.39, 0.29) is 17.9 Å². The molecule has 1 aliphatic rings. The average Bonchev–Trinajstić information content (AvgIpc) is 2.69. The minimum atomic E-state index is -0.116. The number of aryl methyl sites for hydroxylation is 1. The van der Waals surface area contributed by atoms with Gasteiger partial charge in [0.1, 0.15) is 0 Å². The molecule has 2 N–H and O–H groups in total. The molecule has 0 aromatic heterocycles. The fraction of sp³-hybridized carbons (Fsp3) is 0.333. The lowest BCUT2D eigenvalue weighted by atomic mass is 9.89. The molecule has 1 saturated heterocycles. The number of hydrogen-bond acceptors (Lipinski definition) is 2. The zero-order valence-electron chi connectivity index (χ0n) is 15.3. The van der Waals surface area contributed by atoms with Crippen molar-refractivity contribution in [3.8, 4) is 0 Å². The molecule has 1 atom stereocenters. The van der Waals surface area contributed by atoms with Gasteiger partial charge in [-0.25, -0.2) is 4.79 Å². The summed E-state index contributed by atoms with van der Waals surface area (Å²) in [5.41, 5.74) is 3.69. The molecule has 0 bridgehead atoms. The van der Waals surface area contributed by atoms with Gasteiger partial charge in [-0.05, 0) is 49.6 Å². The van der Waals surface area contributed by atoms with Gasteiger partial charge >= 0.3 is 6.03 Å². The van der Waals surface area contributed by atoms with Crippen molar-refractivity contribution in [3.05, 3.63) is 65.2 Å². The van der Waals surface area contributed by atoms with Crippen LogP contribution in [0.5, 0.6) is 0 Å². The highest BCUT2D eigenvalue weighted by Gasteiger charge is 2.24. The van der Waals surface area contributed by atoms with Crippen molar-refractivity contribution >= 4 is 17.6 Å². The van der Waals surface area contributed by atoms with Crippen LogP contribution < -0.4 is 10.6 Å². The Labute approximate surface area is 154 Å². The largest absolute Gasteiger partial charge is 0.341 e. The van der Waals surface area contributed by atoms with E-state index >= 15 is 0 Å². The lowest BCUT2D eigenvalue weighted by Gasteiger charge is -2.32. The van der Waals surface area contributed by atoms with E-state index < -0.39 is 0 Å². The highest BCUT2D eigenvalue weighted by Crippen LogP contribution is 2.27. The minimum Gasteiger partial charge on any atom is -0.341 e. The van der Waals surface area contributed by atoms with Crippen molar-refractivity contribution in [1.82, 2.24) is 10.2 Å². The molecule has 3 rings (SSSR count). The molecule has 0 radical (unpaired) electrons. The summed E-state index contributed by atoms with van der Waals surface area (Å²) in [5, 5.41) is 5.63. The fourth-order valence-corrected chi connectivity index (χ4v) is 3.37. The first-order valence-corrected chi connectivity index (χ1v) is 9.01. The topological polar surface area (TPSA) is 61.4 Å². The highest BCUT2D eigenvalue weighted by molar-refractivity contribution is 6.04. The average molecular weight is 351 g/mol. The van der Waals surface area contributed by atoms with Gasteiger partial charge < -0.3 is 15.5 Å². The van der Waals surface area contributed by atoms with Gasteiger partial charge in [-0.15, -0.1) is 0 Å². The Hall–Kier alpha value is -2.82. The molecule has 1 fully saturated rings. The van der Waals surface area contributed by atoms with E-state index in [0.29, 0.717) is 12.1 Å². The van der Waals surface area contributed by atoms with Crippen LogP contribution in [0.2, 0.25) is 0 Å².